The van der Waals surface area contributed by atoms with Gasteiger partial charge in [0.15, 0.2) is 0 Å². The fourth-order valence-corrected chi connectivity index (χ4v) is 2.52. The Labute approximate surface area is 119 Å². The first kappa shape index (κ1) is 16.5. The first-order valence-corrected chi connectivity index (χ1v) is 7.86. The Balaban J connectivity index is 3.36. The molecule has 1 aromatic rings. The molecule has 0 radical (unpaired) electrons. The van der Waals surface area contributed by atoms with Crippen molar-refractivity contribution in [2.75, 3.05) is 18.0 Å². The van der Waals surface area contributed by atoms with Crippen molar-refractivity contribution >= 4 is 21.7 Å². The van der Waals surface area contributed by atoms with Crippen molar-refractivity contribution in [1.29, 1.82) is 0 Å². The highest BCUT2D eigenvalue weighted by atomic mass is 32.2. The van der Waals surface area contributed by atoms with Gasteiger partial charge in [-0.2, -0.15) is 0 Å². The van der Waals surface area contributed by atoms with Crippen molar-refractivity contribution in [3.8, 4) is 0 Å². The third-order valence-corrected chi connectivity index (χ3v) is 3.75. The van der Waals surface area contributed by atoms with E-state index in [9.17, 15) is 18.3 Å². The highest BCUT2D eigenvalue weighted by Crippen LogP contribution is 2.24. The number of hydrogen-bond donors (Lipinski definition) is 2. The minimum Gasteiger partial charge on any atom is -0.478 e. The van der Waals surface area contributed by atoms with E-state index >= 15 is 0 Å². The Bertz CT molecular complexity index is 596. The molecule has 3 N–H and O–H groups in total. The van der Waals surface area contributed by atoms with Gasteiger partial charge in [0.25, 0.3) is 0 Å². The molecule has 0 fully saturated rings. The fourth-order valence-electron chi connectivity index (χ4n) is 1.98. The van der Waals surface area contributed by atoms with Crippen LogP contribution in [0.4, 0.5) is 5.69 Å². The Morgan fingerprint density at radius 3 is 2.40 bits per heavy atom. The maximum atomic E-state index is 11.3. The van der Waals surface area contributed by atoms with E-state index in [-0.39, 0.29) is 10.5 Å². The molecule has 7 heteroatoms. The number of benzene rings is 1. The SMILES string of the molecule is CCN(CC(C)C)c1ccc(S(N)(=O)=O)cc1C(=O)O. The molecular formula is C13H20N2O4S. The molecule has 112 valence electrons. The standard InChI is InChI=1S/C13H20N2O4S/c1-4-15(8-9(2)3)12-6-5-10(20(14,18)19)7-11(12)13(16)17/h5-7,9H,4,8H2,1-3H3,(H,16,17)(H2,14,18,19). The lowest BCUT2D eigenvalue weighted by Gasteiger charge is -2.26. The lowest BCUT2D eigenvalue weighted by Crippen LogP contribution is -2.29. The van der Waals surface area contributed by atoms with E-state index in [4.69, 9.17) is 5.14 Å². The summed E-state index contributed by atoms with van der Waals surface area (Å²) < 4.78 is 22.6. The average molecular weight is 300 g/mol. The Hall–Kier alpha value is -1.60. The van der Waals surface area contributed by atoms with Crippen molar-refractivity contribution < 1.29 is 18.3 Å². The number of carboxylic acid groups (broad SMARTS) is 1. The third kappa shape index (κ3) is 3.94. The van der Waals surface area contributed by atoms with Gasteiger partial charge in [-0.1, -0.05) is 13.8 Å². The molecule has 1 rings (SSSR count). The summed E-state index contributed by atoms with van der Waals surface area (Å²) in [6, 6.07) is 3.94. The minimum atomic E-state index is -3.91. The second kappa shape index (κ2) is 6.23. The zero-order chi connectivity index (χ0) is 15.5. The molecule has 0 unspecified atom stereocenters. The molecule has 0 saturated heterocycles. The van der Waals surface area contributed by atoms with Gasteiger partial charge in [-0.15, -0.1) is 0 Å². The predicted octanol–water partition coefficient (Wildman–Crippen LogP) is 1.51. The van der Waals surface area contributed by atoms with Crippen molar-refractivity contribution in [3.63, 3.8) is 0 Å². The molecule has 0 aliphatic carbocycles. The van der Waals surface area contributed by atoms with Crippen molar-refractivity contribution in [3.05, 3.63) is 23.8 Å². The van der Waals surface area contributed by atoms with Crippen LogP contribution in [0.15, 0.2) is 23.1 Å². The van der Waals surface area contributed by atoms with Crippen LogP contribution in [-0.4, -0.2) is 32.6 Å². The van der Waals surface area contributed by atoms with Crippen LogP contribution in [0.1, 0.15) is 31.1 Å². The average Bonchev–Trinajstić information content (AvgIpc) is 2.33. The number of carbonyl (C=O) groups is 1. The zero-order valence-corrected chi connectivity index (χ0v) is 12.6. The lowest BCUT2D eigenvalue weighted by atomic mass is 10.1. The van der Waals surface area contributed by atoms with Gasteiger partial charge >= 0.3 is 5.97 Å². The summed E-state index contributed by atoms with van der Waals surface area (Å²) in [6.45, 7) is 7.30. The highest BCUT2D eigenvalue weighted by Gasteiger charge is 2.19. The van der Waals surface area contributed by atoms with E-state index in [1.54, 1.807) is 0 Å². The van der Waals surface area contributed by atoms with Gasteiger partial charge in [-0.05, 0) is 31.0 Å². The number of carboxylic acids is 1. The van der Waals surface area contributed by atoms with E-state index in [1.165, 1.54) is 12.1 Å². The number of sulfonamides is 1. The Morgan fingerprint density at radius 1 is 1.40 bits per heavy atom. The lowest BCUT2D eigenvalue weighted by molar-refractivity contribution is 0.0697. The van der Waals surface area contributed by atoms with E-state index in [0.29, 0.717) is 24.7 Å². The molecule has 0 amide bonds. The molecule has 0 aliphatic rings. The number of aromatic carboxylic acids is 1. The number of rotatable bonds is 6. The number of primary sulfonamides is 1. The van der Waals surface area contributed by atoms with Gasteiger partial charge in [-0.25, -0.2) is 18.4 Å². The summed E-state index contributed by atoms with van der Waals surface area (Å²) in [5, 5.41) is 14.3. The summed E-state index contributed by atoms with van der Waals surface area (Å²) in [5.74, 6) is -0.817. The van der Waals surface area contributed by atoms with Crippen molar-refractivity contribution in [1.82, 2.24) is 0 Å². The van der Waals surface area contributed by atoms with Gasteiger partial charge in [-0.3, -0.25) is 0 Å². The van der Waals surface area contributed by atoms with Gasteiger partial charge in [0.1, 0.15) is 0 Å². The number of nitrogens with two attached hydrogens (primary N) is 1. The van der Waals surface area contributed by atoms with Crippen LogP contribution in [0.2, 0.25) is 0 Å². The maximum Gasteiger partial charge on any atom is 0.337 e. The van der Waals surface area contributed by atoms with Crippen LogP contribution in [0.5, 0.6) is 0 Å². The molecule has 1 aromatic carbocycles. The Morgan fingerprint density at radius 2 is 2.00 bits per heavy atom. The largest absolute Gasteiger partial charge is 0.478 e. The second-order valence-electron chi connectivity index (χ2n) is 4.96. The van der Waals surface area contributed by atoms with Crippen LogP contribution in [-0.2, 0) is 10.0 Å². The first-order valence-electron chi connectivity index (χ1n) is 6.32. The highest BCUT2D eigenvalue weighted by molar-refractivity contribution is 7.89. The third-order valence-electron chi connectivity index (χ3n) is 2.83. The number of hydrogen-bond acceptors (Lipinski definition) is 4. The van der Waals surface area contributed by atoms with Gasteiger partial charge in [0.05, 0.1) is 16.1 Å². The summed E-state index contributed by atoms with van der Waals surface area (Å²) in [7, 11) is -3.91. The molecule has 0 aliphatic heterocycles. The first-order chi connectivity index (χ1) is 9.16. The van der Waals surface area contributed by atoms with Crippen molar-refractivity contribution in [2.24, 2.45) is 11.1 Å². The Kier molecular flexibility index (Phi) is 5.13. The summed E-state index contributed by atoms with van der Waals surface area (Å²) in [6.07, 6.45) is 0. The van der Waals surface area contributed by atoms with E-state index < -0.39 is 16.0 Å². The van der Waals surface area contributed by atoms with Gasteiger partial charge in [0.2, 0.25) is 10.0 Å². The molecule has 0 heterocycles. The molecule has 0 atom stereocenters. The topological polar surface area (TPSA) is 101 Å². The van der Waals surface area contributed by atoms with Crippen LogP contribution < -0.4 is 10.0 Å². The van der Waals surface area contributed by atoms with E-state index in [2.05, 4.69) is 0 Å². The van der Waals surface area contributed by atoms with E-state index in [0.717, 1.165) is 6.07 Å². The molecular weight excluding hydrogens is 280 g/mol. The van der Waals surface area contributed by atoms with Crippen LogP contribution in [0.25, 0.3) is 0 Å². The molecule has 0 bridgehead atoms. The fraction of sp³-hybridized carbons (Fsp3) is 0.462. The second-order valence-corrected chi connectivity index (χ2v) is 6.52. The summed E-state index contributed by atoms with van der Waals surface area (Å²) >= 11 is 0. The molecule has 0 saturated carbocycles. The smallest absolute Gasteiger partial charge is 0.337 e. The minimum absolute atomic E-state index is 0.0565. The normalized spacial score (nSPS) is 11.7. The summed E-state index contributed by atoms with van der Waals surface area (Å²) in [5.41, 5.74) is 0.445. The molecule has 20 heavy (non-hydrogen) atoms. The number of anilines is 1. The zero-order valence-electron chi connectivity index (χ0n) is 11.8. The molecule has 0 aromatic heterocycles. The van der Waals surface area contributed by atoms with Gasteiger partial charge < -0.3 is 10.0 Å². The molecule has 0 spiro atoms. The van der Waals surface area contributed by atoms with E-state index in [1.807, 2.05) is 25.7 Å². The van der Waals surface area contributed by atoms with Crippen LogP contribution >= 0.6 is 0 Å². The maximum absolute atomic E-state index is 11.3. The number of nitrogens with zero attached hydrogens (tertiary/aromatic N) is 1. The summed E-state index contributed by atoms with van der Waals surface area (Å²) in [4.78, 5) is 13.1. The monoisotopic (exact) mass is 300 g/mol. The molecule has 6 nitrogen and oxygen atoms in total. The quantitative estimate of drug-likeness (QED) is 0.829. The van der Waals surface area contributed by atoms with Crippen LogP contribution in [0.3, 0.4) is 0 Å². The van der Waals surface area contributed by atoms with Crippen molar-refractivity contribution in [2.45, 2.75) is 25.7 Å². The predicted molar refractivity (Wildman–Crippen MR) is 77.5 cm³/mol. The van der Waals surface area contributed by atoms with Gasteiger partial charge in [0, 0.05) is 13.1 Å². The van der Waals surface area contributed by atoms with Crippen LogP contribution in [0, 0.1) is 5.92 Å².